The summed E-state index contributed by atoms with van der Waals surface area (Å²) in [5, 5.41) is 0. The van der Waals surface area contributed by atoms with E-state index in [1.165, 1.54) is 6.07 Å². The zero-order valence-corrected chi connectivity index (χ0v) is 16.0. The Balaban J connectivity index is 1.84. The van der Waals surface area contributed by atoms with Crippen LogP contribution in [-0.2, 0) is 14.2 Å². The first-order chi connectivity index (χ1) is 12.7. The molecule has 0 spiro atoms. The number of carbonyl (C=O) groups excluding carboxylic acids is 1. The van der Waals surface area contributed by atoms with Crippen LogP contribution in [0.1, 0.15) is 81.0 Å². The molecular weight excluding hydrogens is 335 g/mol. The van der Waals surface area contributed by atoms with E-state index in [1.807, 2.05) is 0 Å². The third-order valence-corrected chi connectivity index (χ3v) is 4.65. The highest BCUT2D eigenvalue weighted by Crippen LogP contribution is 2.29. The lowest BCUT2D eigenvalue weighted by molar-refractivity contribution is -0.207. The van der Waals surface area contributed by atoms with Gasteiger partial charge in [0.1, 0.15) is 5.82 Å². The molecule has 1 heterocycles. The number of ether oxygens (including phenoxy) is 3. The summed E-state index contributed by atoms with van der Waals surface area (Å²) >= 11 is 0. The molecule has 1 aromatic carbocycles. The van der Waals surface area contributed by atoms with Crippen molar-refractivity contribution in [2.75, 3.05) is 19.8 Å². The van der Waals surface area contributed by atoms with Gasteiger partial charge in [0.15, 0.2) is 6.29 Å². The first-order valence-electron chi connectivity index (χ1n) is 9.85. The van der Waals surface area contributed by atoms with Gasteiger partial charge in [-0.1, -0.05) is 52.0 Å². The molecule has 2 rings (SSSR count). The van der Waals surface area contributed by atoms with Crippen molar-refractivity contribution in [2.45, 2.75) is 65.1 Å². The minimum atomic E-state index is -0.702. The fourth-order valence-electron chi connectivity index (χ4n) is 3.00. The average Bonchev–Trinajstić information content (AvgIpc) is 2.66. The summed E-state index contributed by atoms with van der Waals surface area (Å²) in [6.45, 7) is 5.80. The SMILES string of the molecule is CCCCCCOC(=O)c1ccc(C2OCC(CCCC)CO2)c(F)c1. The largest absolute Gasteiger partial charge is 0.462 e. The molecular formula is C21H31FO4. The minimum absolute atomic E-state index is 0.221. The predicted octanol–water partition coefficient (Wildman–Crippen LogP) is 5.41. The molecule has 1 aromatic rings. The van der Waals surface area contributed by atoms with Gasteiger partial charge in [-0.15, -0.1) is 0 Å². The molecule has 0 aromatic heterocycles. The topological polar surface area (TPSA) is 44.8 Å². The van der Waals surface area contributed by atoms with E-state index in [0.717, 1.165) is 44.9 Å². The highest BCUT2D eigenvalue weighted by molar-refractivity contribution is 5.89. The van der Waals surface area contributed by atoms with Gasteiger partial charge in [-0.2, -0.15) is 0 Å². The smallest absolute Gasteiger partial charge is 0.338 e. The molecule has 0 bridgehead atoms. The van der Waals surface area contributed by atoms with Crippen LogP contribution in [0.4, 0.5) is 4.39 Å². The molecule has 1 aliphatic heterocycles. The number of rotatable bonds is 10. The minimum Gasteiger partial charge on any atom is -0.462 e. The Morgan fingerprint density at radius 1 is 1.12 bits per heavy atom. The van der Waals surface area contributed by atoms with Crippen LogP contribution in [-0.4, -0.2) is 25.8 Å². The van der Waals surface area contributed by atoms with Gasteiger partial charge in [-0.25, -0.2) is 9.18 Å². The van der Waals surface area contributed by atoms with Crippen LogP contribution in [0.25, 0.3) is 0 Å². The standard InChI is InChI=1S/C21H31FO4/c1-3-5-7-8-12-24-20(23)17-10-11-18(19(22)13-17)21-25-14-16(15-26-21)9-6-4-2/h10-11,13,16,21H,3-9,12,14-15H2,1-2H3. The van der Waals surface area contributed by atoms with Gasteiger partial charge in [-0.05, 0) is 25.0 Å². The van der Waals surface area contributed by atoms with Gasteiger partial charge in [-0.3, -0.25) is 0 Å². The third-order valence-electron chi connectivity index (χ3n) is 4.65. The molecule has 0 radical (unpaired) electrons. The highest BCUT2D eigenvalue weighted by atomic mass is 19.1. The molecule has 1 saturated heterocycles. The van der Waals surface area contributed by atoms with Crippen molar-refractivity contribution in [3.05, 3.63) is 35.1 Å². The van der Waals surface area contributed by atoms with E-state index >= 15 is 0 Å². The van der Waals surface area contributed by atoms with E-state index in [1.54, 1.807) is 12.1 Å². The van der Waals surface area contributed by atoms with Gasteiger partial charge >= 0.3 is 5.97 Å². The number of benzene rings is 1. The van der Waals surface area contributed by atoms with E-state index in [2.05, 4.69) is 13.8 Å². The molecule has 5 heteroatoms. The van der Waals surface area contributed by atoms with E-state index in [0.29, 0.717) is 31.3 Å². The summed E-state index contributed by atoms with van der Waals surface area (Å²) in [6.07, 6.45) is 6.78. The van der Waals surface area contributed by atoms with Crippen molar-refractivity contribution in [1.82, 2.24) is 0 Å². The van der Waals surface area contributed by atoms with Crippen LogP contribution in [0.15, 0.2) is 18.2 Å². The van der Waals surface area contributed by atoms with E-state index < -0.39 is 18.1 Å². The summed E-state index contributed by atoms with van der Waals surface area (Å²) in [5.74, 6) is -0.615. The number of unbranched alkanes of at least 4 members (excludes halogenated alkanes) is 4. The number of esters is 1. The van der Waals surface area contributed by atoms with Crippen LogP contribution in [0.5, 0.6) is 0 Å². The Kier molecular flexibility index (Phi) is 9.06. The van der Waals surface area contributed by atoms with Gasteiger partial charge in [0.25, 0.3) is 0 Å². The molecule has 146 valence electrons. The molecule has 0 unspecified atom stereocenters. The van der Waals surface area contributed by atoms with Gasteiger partial charge in [0.05, 0.1) is 25.4 Å². The maximum atomic E-state index is 14.4. The first kappa shape index (κ1) is 20.8. The van der Waals surface area contributed by atoms with Crippen molar-refractivity contribution >= 4 is 5.97 Å². The van der Waals surface area contributed by atoms with Gasteiger partial charge < -0.3 is 14.2 Å². The van der Waals surface area contributed by atoms with Crippen molar-refractivity contribution in [3.8, 4) is 0 Å². The predicted molar refractivity (Wildman–Crippen MR) is 98.5 cm³/mol. The lowest BCUT2D eigenvalue weighted by atomic mass is 10.0. The van der Waals surface area contributed by atoms with E-state index in [9.17, 15) is 9.18 Å². The fourth-order valence-corrected chi connectivity index (χ4v) is 3.00. The monoisotopic (exact) mass is 366 g/mol. The van der Waals surface area contributed by atoms with Crippen LogP contribution < -0.4 is 0 Å². The van der Waals surface area contributed by atoms with Crippen molar-refractivity contribution in [1.29, 1.82) is 0 Å². The van der Waals surface area contributed by atoms with Crippen LogP contribution in [0.2, 0.25) is 0 Å². The lowest BCUT2D eigenvalue weighted by Crippen LogP contribution is -2.27. The van der Waals surface area contributed by atoms with Crippen LogP contribution >= 0.6 is 0 Å². The summed E-state index contributed by atoms with van der Waals surface area (Å²) < 4.78 is 31.0. The van der Waals surface area contributed by atoms with Gasteiger partial charge in [0, 0.05) is 11.5 Å². The summed E-state index contributed by atoms with van der Waals surface area (Å²) in [6, 6.07) is 4.34. The Morgan fingerprint density at radius 3 is 2.50 bits per heavy atom. The molecule has 26 heavy (non-hydrogen) atoms. The highest BCUT2D eigenvalue weighted by Gasteiger charge is 2.26. The lowest BCUT2D eigenvalue weighted by Gasteiger charge is -2.29. The Hall–Kier alpha value is -1.46. The van der Waals surface area contributed by atoms with Crippen molar-refractivity contribution < 1.29 is 23.4 Å². The zero-order valence-electron chi connectivity index (χ0n) is 16.0. The molecule has 1 aliphatic rings. The summed E-state index contributed by atoms with van der Waals surface area (Å²) in [7, 11) is 0. The molecule has 0 atom stereocenters. The van der Waals surface area contributed by atoms with Crippen LogP contribution in [0.3, 0.4) is 0 Å². The molecule has 0 N–H and O–H groups in total. The quantitative estimate of drug-likeness (QED) is 0.410. The van der Waals surface area contributed by atoms with E-state index in [4.69, 9.17) is 14.2 Å². The Bertz CT molecular complexity index is 553. The second-order valence-corrected chi connectivity index (χ2v) is 6.94. The Labute approximate surface area is 156 Å². The maximum Gasteiger partial charge on any atom is 0.338 e. The second-order valence-electron chi connectivity index (χ2n) is 6.94. The number of hydrogen-bond acceptors (Lipinski definition) is 4. The zero-order chi connectivity index (χ0) is 18.8. The number of carbonyl (C=O) groups is 1. The molecule has 1 fully saturated rings. The maximum absolute atomic E-state index is 14.4. The Morgan fingerprint density at radius 2 is 1.85 bits per heavy atom. The molecule has 0 aliphatic carbocycles. The van der Waals surface area contributed by atoms with Gasteiger partial charge in [0.2, 0.25) is 0 Å². The number of halogens is 1. The number of hydrogen-bond donors (Lipinski definition) is 0. The third kappa shape index (κ3) is 6.36. The summed E-state index contributed by atoms with van der Waals surface area (Å²) in [5.41, 5.74) is 0.553. The molecule has 0 amide bonds. The first-order valence-corrected chi connectivity index (χ1v) is 9.85. The fraction of sp³-hybridized carbons (Fsp3) is 0.667. The molecule has 0 saturated carbocycles. The average molecular weight is 366 g/mol. The van der Waals surface area contributed by atoms with Crippen LogP contribution in [0, 0.1) is 11.7 Å². The van der Waals surface area contributed by atoms with E-state index in [-0.39, 0.29) is 5.56 Å². The summed E-state index contributed by atoms with van der Waals surface area (Å²) in [4.78, 5) is 12.0. The van der Waals surface area contributed by atoms with Crippen molar-refractivity contribution in [3.63, 3.8) is 0 Å². The molecule has 4 nitrogen and oxygen atoms in total. The van der Waals surface area contributed by atoms with Crippen molar-refractivity contribution in [2.24, 2.45) is 5.92 Å². The second kappa shape index (κ2) is 11.3. The normalized spacial score (nSPS) is 20.1.